The summed E-state index contributed by atoms with van der Waals surface area (Å²) in [5.41, 5.74) is -0.670. The minimum absolute atomic E-state index is 0.124. The highest BCUT2D eigenvalue weighted by Crippen LogP contribution is 2.33. The van der Waals surface area contributed by atoms with Crippen LogP contribution in [0, 0.1) is 0 Å². The Bertz CT molecular complexity index is 852. The number of fused-ring (bicyclic) bond motifs is 1. The SMILES string of the molecule is CCOc1ccccc1C(=O)NCC(C)(O)c1cc2ccccc2s1. The Morgan fingerprint density at radius 3 is 2.68 bits per heavy atom. The summed E-state index contributed by atoms with van der Waals surface area (Å²) in [6.45, 7) is 4.20. The third-order valence-electron chi connectivity index (χ3n) is 3.98. The van der Waals surface area contributed by atoms with E-state index in [1.54, 1.807) is 25.1 Å². The van der Waals surface area contributed by atoms with Crippen molar-refractivity contribution in [3.8, 4) is 5.75 Å². The molecule has 0 fully saturated rings. The third kappa shape index (κ3) is 3.83. The van der Waals surface area contributed by atoms with Crippen molar-refractivity contribution in [3.05, 3.63) is 65.0 Å². The second-order valence-corrected chi connectivity index (χ2v) is 7.12. The number of amides is 1. The number of aliphatic hydroxyl groups is 1. The number of nitrogens with one attached hydrogen (secondary N) is 1. The fourth-order valence-corrected chi connectivity index (χ4v) is 3.72. The number of carbonyl (C=O) groups excluding carboxylic acids is 1. The lowest BCUT2D eigenvalue weighted by molar-refractivity contribution is 0.0556. The van der Waals surface area contributed by atoms with Crippen LogP contribution in [0.25, 0.3) is 10.1 Å². The molecule has 0 saturated carbocycles. The van der Waals surface area contributed by atoms with Gasteiger partial charge in [0.1, 0.15) is 11.4 Å². The predicted octanol–water partition coefficient (Wildman–Crippen LogP) is 3.94. The minimum atomic E-state index is -1.14. The molecule has 5 heteroatoms. The van der Waals surface area contributed by atoms with Crippen LogP contribution < -0.4 is 10.1 Å². The minimum Gasteiger partial charge on any atom is -0.493 e. The topological polar surface area (TPSA) is 58.6 Å². The average molecular weight is 355 g/mol. The molecule has 4 nitrogen and oxygen atoms in total. The number of thiophene rings is 1. The molecule has 1 unspecified atom stereocenters. The molecule has 3 rings (SSSR count). The monoisotopic (exact) mass is 355 g/mol. The zero-order chi connectivity index (χ0) is 17.9. The molecule has 0 aliphatic carbocycles. The molecule has 0 radical (unpaired) electrons. The molecule has 1 atom stereocenters. The smallest absolute Gasteiger partial charge is 0.255 e. The molecule has 3 aromatic rings. The maximum absolute atomic E-state index is 12.5. The molecule has 130 valence electrons. The highest BCUT2D eigenvalue weighted by atomic mass is 32.1. The molecule has 0 spiro atoms. The number of benzene rings is 2. The number of ether oxygens (including phenoxy) is 1. The van der Waals surface area contributed by atoms with Crippen molar-refractivity contribution >= 4 is 27.3 Å². The molecule has 25 heavy (non-hydrogen) atoms. The highest BCUT2D eigenvalue weighted by molar-refractivity contribution is 7.19. The molecule has 0 saturated heterocycles. The van der Waals surface area contributed by atoms with Gasteiger partial charge in [0.15, 0.2) is 0 Å². The molecule has 0 bridgehead atoms. The van der Waals surface area contributed by atoms with Crippen molar-refractivity contribution in [3.63, 3.8) is 0 Å². The second-order valence-electron chi connectivity index (χ2n) is 6.03. The van der Waals surface area contributed by atoms with Gasteiger partial charge in [-0.15, -0.1) is 11.3 Å². The first kappa shape index (κ1) is 17.5. The maximum atomic E-state index is 12.5. The van der Waals surface area contributed by atoms with E-state index in [2.05, 4.69) is 5.32 Å². The van der Waals surface area contributed by atoms with E-state index in [1.807, 2.05) is 43.3 Å². The van der Waals surface area contributed by atoms with Gasteiger partial charge in [0.05, 0.1) is 18.7 Å². The van der Waals surface area contributed by atoms with E-state index in [1.165, 1.54) is 11.3 Å². The van der Waals surface area contributed by atoms with E-state index in [0.717, 1.165) is 15.0 Å². The summed E-state index contributed by atoms with van der Waals surface area (Å²) >= 11 is 1.54. The van der Waals surface area contributed by atoms with Crippen LogP contribution in [-0.4, -0.2) is 24.2 Å². The van der Waals surface area contributed by atoms with Gasteiger partial charge in [-0.1, -0.05) is 30.3 Å². The van der Waals surface area contributed by atoms with Crippen LogP contribution in [0.5, 0.6) is 5.75 Å². The van der Waals surface area contributed by atoms with Crippen LogP contribution >= 0.6 is 11.3 Å². The van der Waals surface area contributed by atoms with Crippen molar-refractivity contribution in [2.75, 3.05) is 13.2 Å². The number of para-hydroxylation sites is 1. The van der Waals surface area contributed by atoms with Crippen molar-refractivity contribution in [2.45, 2.75) is 19.4 Å². The molecular formula is C20H21NO3S. The summed E-state index contributed by atoms with van der Waals surface area (Å²) in [6, 6.07) is 17.1. The largest absolute Gasteiger partial charge is 0.493 e. The Kier molecular flexibility index (Phi) is 5.06. The molecule has 1 amide bonds. The van der Waals surface area contributed by atoms with E-state index < -0.39 is 5.60 Å². The lowest BCUT2D eigenvalue weighted by Gasteiger charge is -2.22. The number of carbonyl (C=O) groups is 1. The first-order valence-corrected chi connectivity index (χ1v) is 9.04. The Hall–Kier alpha value is -2.37. The average Bonchev–Trinajstić information content (AvgIpc) is 3.06. The van der Waals surface area contributed by atoms with Crippen molar-refractivity contribution < 1.29 is 14.6 Å². The maximum Gasteiger partial charge on any atom is 0.255 e. The summed E-state index contributed by atoms with van der Waals surface area (Å²) in [4.78, 5) is 13.3. The summed E-state index contributed by atoms with van der Waals surface area (Å²) < 4.78 is 6.61. The van der Waals surface area contributed by atoms with Gasteiger partial charge in [0.2, 0.25) is 0 Å². The summed E-state index contributed by atoms with van der Waals surface area (Å²) in [5.74, 6) is 0.287. The molecule has 2 N–H and O–H groups in total. The van der Waals surface area contributed by atoms with Gasteiger partial charge in [0, 0.05) is 9.58 Å². The molecule has 1 aromatic heterocycles. The van der Waals surface area contributed by atoms with Crippen LogP contribution in [-0.2, 0) is 5.60 Å². The summed E-state index contributed by atoms with van der Waals surface area (Å²) in [6.07, 6.45) is 0. The lowest BCUT2D eigenvalue weighted by Crippen LogP contribution is -2.38. The van der Waals surface area contributed by atoms with Crippen LogP contribution in [0.3, 0.4) is 0 Å². The molecule has 0 aliphatic heterocycles. The van der Waals surface area contributed by atoms with Gasteiger partial charge in [-0.25, -0.2) is 0 Å². The van der Waals surface area contributed by atoms with Gasteiger partial charge < -0.3 is 15.2 Å². The molecular weight excluding hydrogens is 334 g/mol. The Morgan fingerprint density at radius 1 is 1.20 bits per heavy atom. The standard InChI is InChI=1S/C20H21NO3S/c1-3-24-16-10-6-5-9-15(16)19(22)21-13-20(2,23)18-12-14-8-4-7-11-17(14)25-18/h4-12,23H,3,13H2,1-2H3,(H,21,22). The molecule has 0 aliphatic rings. The lowest BCUT2D eigenvalue weighted by atomic mass is 10.0. The Labute approximate surface area is 151 Å². The van der Waals surface area contributed by atoms with Gasteiger partial charge in [-0.05, 0) is 43.5 Å². The highest BCUT2D eigenvalue weighted by Gasteiger charge is 2.26. The quantitative estimate of drug-likeness (QED) is 0.704. The molecule has 2 aromatic carbocycles. The number of hydrogen-bond donors (Lipinski definition) is 2. The van der Waals surface area contributed by atoms with E-state index >= 15 is 0 Å². The summed E-state index contributed by atoms with van der Waals surface area (Å²) in [5, 5.41) is 14.7. The Balaban J connectivity index is 1.74. The van der Waals surface area contributed by atoms with Gasteiger partial charge in [-0.2, -0.15) is 0 Å². The van der Waals surface area contributed by atoms with Crippen molar-refractivity contribution in [1.82, 2.24) is 5.32 Å². The number of hydrogen-bond acceptors (Lipinski definition) is 4. The zero-order valence-corrected chi connectivity index (χ0v) is 15.1. The van der Waals surface area contributed by atoms with E-state index in [9.17, 15) is 9.90 Å². The predicted molar refractivity (Wildman–Crippen MR) is 101 cm³/mol. The van der Waals surface area contributed by atoms with Crippen LogP contribution in [0.1, 0.15) is 29.1 Å². The fraction of sp³-hybridized carbons (Fsp3) is 0.250. The van der Waals surface area contributed by atoms with Crippen LogP contribution in [0.15, 0.2) is 54.6 Å². The second kappa shape index (κ2) is 7.25. The van der Waals surface area contributed by atoms with Gasteiger partial charge >= 0.3 is 0 Å². The normalized spacial score (nSPS) is 13.4. The van der Waals surface area contributed by atoms with Crippen LogP contribution in [0.4, 0.5) is 0 Å². The van der Waals surface area contributed by atoms with Gasteiger partial charge in [-0.3, -0.25) is 4.79 Å². The van der Waals surface area contributed by atoms with E-state index in [0.29, 0.717) is 17.9 Å². The first-order chi connectivity index (χ1) is 12.0. The number of rotatable bonds is 6. The first-order valence-electron chi connectivity index (χ1n) is 8.23. The fourth-order valence-electron chi connectivity index (χ4n) is 2.62. The Morgan fingerprint density at radius 2 is 1.92 bits per heavy atom. The van der Waals surface area contributed by atoms with E-state index in [4.69, 9.17) is 4.74 Å². The van der Waals surface area contributed by atoms with Crippen molar-refractivity contribution in [1.29, 1.82) is 0 Å². The summed E-state index contributed by atoms with van der Waals surface area (Å²) in [7, 11) is 0. The third-order valence-corrected chi connectivity index (χ3v) is 5.35. The van der Waals surface area contributed by atoms with Gasteiger partial charge in [0.25, 0.3) is 5.91 Å². The zero-order valence-electron chi connectivity index (χ0n) is 14.3. The van der Waals surface area contributed by atoms with Crippen molar-refractivity contribution in [2.24, 2.45) is 0 Å². The van der Waals surface area contributed by atoms with Crippen LogP contribution in [0.2, 0.25) is 0 Å². The van der Waals surface area contributed by atoms with E-state index in [-0.39, 0.29) is 12.5 Å². The molecule has 1 heterocycles.